The molecule has 0 saturated heterocycles. The van der Waals surface area contributed by atoms with Gasteiger partial charge in [-0.25, -0.2) is 0 Å². The molecule has 148 valence electrons. The van der Waals surface area contributed by atoms with E-state index in [4.69, 9.17) is 0 Å². The molecule has 0 aromatic rings. The van der Waals surface area contributed by atoms with Crippen molar-refractivity contribution in [1.29, 1.82) is 0 Å². The number of hydrogen-bond acceptors (Lipinski definition) is 1. The van der Waals surface area contributed by atoms with Gasteiger partial charge in [-0.15, -0.1) is 0 Å². The van der Waals surface area contributed by atoms with Gasteiger partial charge in [0.15, 0.2) is 0 Å². The average Bonchev–Trinajstić information content (AvgIpc) is 3.02. The average molecular weight is 351 g/mol. The lowest BCUT2D eigenvalue weighted by Gasteiger charge is -2.56. The second-order valence-corrected chi connectivity index (χ2v) is 9.19. The predicted octanol–water partition coefficient (Wildman–Crippen LogP) is 7.08. The van der Waals surface area contributed by atoms with Crippen molar-refractivity contribution in [2.24, 2.45) is 40.9 Å². The highest BCUT2D eigenvalue weighted by atomic mass is 16.3. The Bertz CT molecular complexity index is 390. The minimum Gasteiger partial charge on any atom is -0.393 e. The minimum absolute atomic E-state index is 0.0948. The molecule has 0 spiro atoms. The van der Waals surface area contributed by atoms with Gasteiger partial charge in [0.05, 0.1) is 6.10 Å². The molecule has 25 heavy (non-hydrogen) atoms. The topological polar surface area (TPSA) is 20.2 Å². The van der Waals surface area contributed by atoms with Crippen LogP contribution in [0.15, 0.2) is 0 Å². The van der Waals surface area contributed by atoms with Crippen LogP contribution in [0.4, 0.5) is 0 Å². The number of hydrogen-bond donors (Lipinski definition) is 1. The second-order valence-electron chi connectivity index (χ2n) is 9.19. The molecule has 1 heteroatoms. The molecule has 4 aliphatic carbocycles. The van der Waals surface area contributed by atoms with E-state index in [2.05, 4.69) is 6.92 Å². The summed E-state index contributed by atoms with van der Waals surface area (Å²) in [4.78, 5) is 0. The molecule has 0 aromatic carbocycles. The van der Waals surface area contributed by atoms with E-state index >= 15 is 0 Å². The number of aliphatic hydroxyl groups excluding tert-OH is 1. The molecule has 8 atom stereocenters. The van der Waals surface area contributed by atoms with E-state index in [0.29, 0.717) is 11.3 Å². The monoisotopic (exact) mass is 350 g/mol. The first-order valence-electron chi connectivity index (χ1n) is 11.8. The highest BCUT2D eigenvalue weighted by molar-refractivity contribution is 5.06. The molecule has 0 aliphatic heterocycles. The Balaban J connectivity index is 0.000000528. The maximum Gasteiger partial charge on any atom is 0.0545 e. The Morgan fingerprint density at radius 1 is 0.760 bits per heavy atom. The lowest BCUT2D eigenvalue weighted by Crippen LogP contribution is -2.49. The van der Waals surface area contributed by atoms with Gasteiger partial charge in [0, 0.05) is 0 Å². The van der Waals surface area contributed by atoms with E-state index in [-0.39, 0.29) is 6.10 Å². The van der Waals surface area contributed by atoms with E-state index in [1.807, 2.05) is 34.6 Å². The molecular weight excluding hydrogens is 304 g/mol. The third-order valence-corrected chi connectivity index (χ3v) is 8.54. The molecule has 0 amide bonds. The Hall–Kier alpha value is -0.0400. The van der Waals surface area contributed by atoms with Crippen molar-refractivity contribution in [1.82, 2.24) is 0 Å². The van der Waals surface area contributed by atoms with Gasteiger partial charge in [-0.3, -0.25) is 0 Å². The molecular formula is C24H46O. The quantitative estimate of drug-likeness (QED) is 0.535. The highest BCUT2D eigenvalue weighted by Gasteiger charge is 2.57. The second kappa shape index (κ2) is 9.25. The lowest BCUT2D eigenvalue weighted by molar-refractivity contribution is -0.0775. The van der Waals surface area contributed by atoms with Crippen LogP contribution in [0.25, 0.3) is 0 Å². The highest BCUT2D eigenvalue weighted by Crippen LogP contribution is 2.64. The summed E-state index contributed by atoms with van der Waals surface area (Å²) in [6.45, 7) is 12.6. The summed E-state index contributed by atoms with van der Waals surface area (Å²) in [6, 6.07) is 0. The Morgan fingerprint density at radius 2 is 1.44 bits per heavy atom. The summed E-state index contributed by atoms with van der Waals surface area (Å²) in [5.41, 5.74) is 0.455. The SMILES string of the molecule is CC.CC.CC(O)[C@H]1CCC2[C@@H]3CCC4CCCC[C@@H]4C3CCC21C. The Labute approximate surface area is 158 Å². The first-order valence-corrected chi connectivity index (χ1v) is 11.8. The van der Waals surface area contributed by atoms with Crippen molar-refractivity contribution >= 4 is 0 Å². The summed E-state index contributed by atoms with van der Waals surface area (Å²) >= 11 is 0. The fraction of sp³-hybridized carbons (Fsp3) is 1.00. The maximum atomic E-state index is 10.2. The molecule has 0 radical (unpaired) electrons. The lowest BCUT2D eigenvalue weighted by atomic mass is 9.49. The number of rotatable bonds is 1. The minimum atomic E-state index is -0.0948. The smallest absolute Gasteiger partial charge is 0.0545 e. The van der Waals surface area contributed by atoms with E-state index in [0.717, 1.165) is 29.6 Å². The summed E-state index contributed by atoms with van der Waals surface area (Å²) < 4.78 is 0. The largest absolute Gasteiger partial charge is 0.393 e. The van der Waals surface area contributed by atoms with Crippen LogP contribution < -0.4 is 0 Å². The van der Waals surface area contributed by atoms with E-state index in [9.17, 15) is 5.11 Å². The zero-order valence-electron chi connectivity index (χ0n) is 18.1. The zero-order valence-corrected chi connectivity index (χ0v) is 18.1. The van der Waals surface area contributed by atoms with Gasteiger partial charge in [-0.2, -0.15) is 0 Å². The first kappa shape index (κ1) is 21.3. The van der Waals surface area contributed by atoms with Gasteiger partial charge in [0.1, 0.15) is 0 Å². The third-order valence-electron chi connectivity index (χ3n) is 8.54. The zero-order chi connectivity index (χ0) is 18.6. The van der Waals surface area contributed by atoms with E-state index in [1.54, 1.807) is 0 Å². The fourth-order valence-electron chi connectivity index (χ4n) is 7.66. The molecule has 0 bridgehead atoms. The van der Waals surface area contributed by atoms with Crippen molar-refractivity contribution in [3.63, 3.8) is 0 Å². The maximum absolute atomic E-state index is 10.2. The van der Waals surface area contributed by atoms with Crippen molar-refractivity contribution < 1.29 is 5.11 Å². The molecule has 4 aliphatic rings. The van der Waals surface area contributed by atoms with Gasteiger partial charge in [-0.1, -0.05) is 53.9 Å². The Morgan fingerprint density at radius 3 is 2.12 bits per heavy atom. The van der Waals surface area contributed by atoms with Crippen LogP contribution in [0.3, 0.4) is 0 Å². The number of aliphatic hydroxyl groups is 1. The Kier molecular flexibility index (Phi) is 7.86. The molecule has 4 saturated carbocycles. The van der Waals surface area contributed by atoms with Crippen LogP contribution in [-0.2, 0) is 0 Å². The number of fused-ring (bicyclic) bond motifs is 5. The van der Waals surface area contributed by atoms with Crippen molar-refractivity contribution in [2.45, 2.75) is 112 Å². The van der Waals surface area contributed by atoms with E-state index < -0.39 is 0 Å². The predicted molar refractivity (Wildman–Crippen MR) is 110 cm³/mol. The summed E-state index contributed by atoms with van der Waals surface area (Å²) in [6.07, 6.45) is 14.6. The standard InChI is InChI=1S/C20H34O.2C2H6/c1-13(21)18-9-10-19-17-8-7-14-5-3-4-6-15(14)16(17)11-12-20(18,19)2;2*1-2/h13-19,21H,3-12H2,1-2H3;2*1-2H3/t13?,14?,15-,16?,17+,18+,19?,20?;;/m0../s1. The van der Waals surface area contributed by atoms with E-state index in [1.165, 1.54) is 64.2 Å². The van der Waals surface area contributed by atoms with Gasteiger partial charge >= 0.3 is 0 Å². The van der Waals surface area contributed by atoms with Crippen LogP contribution in [0.1, 0.15) is 106 Å². The van der Waals surface area contributed by atoms with Crippen molar-refractivity contribution in [3.05, 3.63) is 0 Å². The van der Waals surface area contributed by atoms with Gasteiger partial charge < -0.3 is 5.11 Å². The van der Waals surface area contributed by atoms with Crippen LogP contribution in [0.2, 0.25) is 0 Å². The molecule has 1 nitrogen and oxygen atoms in total. The third kappa shape index (κ3) is 3.83. The van der Waals surface area contributed by atoms with Crippen LogP contribution in [0, 0.1) is 40.9 Å². The molecule has 0 aromatic heterocycles. The van der Waals surface area contributed by atoms with Crippen molar-refractivity contribution in [3.8, 4) is 0 Å². The molecule has 5 unspecified atom stereocenters. The van der Waals surface area contributed by atoms with Gasteiger partial charge in [0.2, 0.25) is 0 Å². The summed E-state index contributed by atoms with van der Waals surface area (Å²) in [5, 5.41) is 10.2. The molecule has 4 rings (SSSR count). The van der Waals surface area contributed by atoms with Gasteiger partial charge in [-0.05, 0) is 92.8 Å². The van der Waals surface area contributed by atoms with Crippen LogP contribution in [0.5, 0.6) is 0 Å². The van der Waals surface area contributed by atoms with Crippen LogP contribution >= 0.6 is 0 Å². The molecule has 1 N–H and O–H groups in total. The first-order chi connectivity index (χ1) is 12.1. The van der Waals surface area contributed by atoms with Gasteiger partial charge in [0.25, 0.3) is 0 Å². The van der Waals surface area contributed by atoms with Crippen LogP contribution in [-0.4, -0.2) is 11.2 Å². The summed E-state index contributed by atoms with van der Waals surface area (Å²) in [5.74, 6) is 5.72. The van der Waals surface area contributed by atoms with Crippen molar-refractivity contribution in [2.75, 3.05) is 0 Å². The normalized spacial score (nSPS) is 46.2. The summed E-state index contributed by atoms with van der Waals surface area (Å²) in [7, 11) is 0. The fourth-order valence-corrected chi connectivity index (χ4v) is 7.66. The molecule has 4 fully saturated rings. The molecule has 0 heterocycles.